The highest BCUT2D eigenvalue weighted by Crippen LogP contribution is 2.40. The average Bonchev–Trinajstić information content (AvgIpc) is 3.23. The van der Waals surface area contributed by atoms with Crippen LogP contribution in [0.1, 0.15) is 46.5 Å². The molecule has 0 spiro atoms. The Morgan fingerprint density at radius 1 is 1.35 bits per heavy atom. The number of aromatic amines is 1. The van der Waals surface area contributed by atoms with E-state index in [0.29, 0.717) is 25.4 Å². The van der Waals surface area contributed by atoms with Crippen molar-refractivity contribution in [3.05, 3.63) is 20.8 Å². The summed E-state index contributed by atoms with van der Waals surface area (Å²) in [5.41, 5.74) is 5.09. The van der Waals surface area contributed by atoms with Crippen LogP contribution in [0.25, 0.3) is 0 Å². The largest absolute Gasteiger partial charge is 0.383 e. The lowest BCUT2D eigenvalue weighted by molar-refractivity contribution is -0.120. The van der Waals surface area contributed by atoms with Crippen molar-refractivity contribution >= 4 is 17.4 Å². The number of nitrogens with one attached hydrogen (secondary N) is 1. The van der Waals surface area contributed by atoms with Gasteiger partial charge in [0.05, 0.1) is 0 Å². The highest BCUT2D eigenvalue weighted by molar-refractivity contribution is 5.98. The van der Waals surface area contributed by atoms with Gasteiger partial charge in [-0.1, -0.05) is 27.2 Å². The second-order valence-electron chi connectivity index (χ2n) is 6.31. The van der Waals surface area contributed by atoms with Crippen molar-refractivity contribution in [2.45, 2.75) is 53.0 Å². The number of rotatable bonds is 7. The van der Waals surface area contributed by atoms with Crippen molar-refractivity contribution in [1.82, 2.24) is 9.55 Å². The minimum atomic E-state index is -0.586. The molecule has 1 aliphatic rings. The number of hydrogen-bond donors (Lipinski definition) is 2. The third-order valence-corrected chi connectivity index (χ3v) is 4.36. The minimum Gasteiger partial charge on any atom is -0.383 e. The van der Waals surface area contributed by atoms with E-state index in [2.05, 4.69) is 4.98 Å². The number of carbonyl (C=O) groups excluding carboxylic acids is 1. The van der Waals surface area contributed by atoms with E-state index < -0.39 is 11.2 Å². The zero-order valence-electron chi connectivity index (χ0n) is 14.1. The van der Waals surface area contributed by atoms with E-state index in [1.54, 1.807) is 0 Å². The molecule has 1 aliphatic carbocycles. The summed E-state index contributed by atoms with van der Waals surface area (Å²) in [5.74, 6) is 0.314. The Kier molecular flexibility index (Phi) is 5.28. The van der Waals surface area contributed by atoms with Crippen molar-refractivity contribution in [2.75, 3.05) is 17.2 Å². The molecule has 1 saturated carbocycles. The molecule has 0 saturated heterocycles. The standard InChI is InChI=1S/C16H26N4O3/c1-4-6-8-19(15(22)11-9-10(11)3)12-13(17)20(7-5-2)16(23)18-14(12)21/h10-11H,4-9,17H2,1-3H3,(H,18,21,23). The first-order chi connectivity index (χ1) is 10.9. The lowest BCUT2D eigenvalue weighted by Crippen LogP contribution is -2.42. The van der Waals surface area contributed by atoms with Gasteiger partial charge in [-0.3, -0.25) is 19.1 Å². The summed E-state index contributed by atoms with van der Waals surface area (Å²) in [7, 11) is 0. The molecular formula is C16H26N4O3. The van der Waals surface area contributed by atoms with E-state index in [-0.39, 0.29) is 23.3 Å². The van der Waals surface area contributed by atoms with E-state index in [1.165, 1.54) is 9.47 Å². The smallest absolute Gasteiger partial charge is 0.330 e. The van der Waals surface area contributed by atoms with Gasteiger partial charge < -0.3 is 10.6 Å². The zero-order valence-corrected chi connectivity index (χ0v) is 14.1. The van der Waals surface area contributed by atoms with E-state index in [0.717, 1.165) is 19.3 Å². The number of aromatic nitrogens is 2. The normalized spacial score (nSPS) is 19.6. The van der Waals surface area contributed by atoms with Gasteiger partial charge in [0.15, 0.2) is 5.69 Å². The Balaban J connectivity index is 2.49. The van der Waals surface area contributed by atoms with E-state index in [4.69, 9.17) is 5.73 Å². The first kappa shape index (κ1) is 17.3. The second kappa shape index (κ2) is 7.02. The molecule has 1 amide bonds. The fourth-order valence-corrected chi connectivity index (χ4v) is 2.80. The fourth-order valence-electron chi connectivity index (χ4n) is 2.80. The maximum atomic E-state index is 12.7. The molecule has 7 nitrogen and oxygen atoms in total. The van der Waals surface area contributed by atoms with Crippen LogP contribution in [0.3, 0.4) is 0 Å². The molecule has 0 radical (unpaired) electrons. The zero-order chi connectivity index (χ0) is 17.1. The Hall–Kier alpha value is -2.05. The molecule has 0 aliphatic heterocycles. The molecule has 3 N–H and O–H groups in total. The summed E-state index contributed by atoms with van der Waals surface area (Å²) in [6, 6.07) is 0. The molecule has 2 unspecified atom stereocenters. The molecule has 1 aromatic heterocycles. The van der Waals surface area contributed by atoms with Crippen LogP contribution >= 0.6 is 0 Å². The van der Waals surface area contributed by atoms with E-state index >= 15 is 0 Å². The van der Waals surface area contributed by atoms with Gasteiger partial charge in [0, 0.05) is 19.0 Å². The highest BCUT2D eigenvalue weighted by Gasteiger charge is 2.42. The van der Waals surface area contributed by atoms with Crippen molar-refractivity contribution < 1.29 is 4.79 Å². The molecule has 2 rings (SSSR count). The maximum absolute atomic E-state index is 12.7. The molecule has 1 aromatic rings. The SMILES string of the molecule is CCCCN(C(=O)C1CC1C)c1c(N)n(CCC)c(=O)[nH]c1=O. The minimum absolute atomic E-state index is 0.0443. The first-order valence-electron chi connectivity index (χ1n) is 8.36. The summed E-state index contributed by atoms with van der Waals surface area (Å²) in [4.78, 5) is 40.7. The summed E-state index contributed by atoms with van der Waals surface area (Å²) in [6.45, 7) is 6.81. The molecule has 1 heterocycles. The van der Waals surface area contributed by atoms with E-state index in [1.807, 2.05) is 20.8 Å². The number of nitrogens with two attached hydrogens (primary N) is 1. The number of nitrogens with zero attached hydrogens (tertiary/aromatic N) is 2. The van der Waals surface area contributed by atoms with Gasteiger partial charge in [0.1, 0.15) is 5.82 Å². The average molecular weight is 322 g/mol. The molecule has 0 bridgehead atoms. The van der Waals surface area contributed by atoms with Gasteiger partial charge in [-0.15, -0.1) is 0 Å². The molecule has 128 valence electrons. The third-order valence-electron chi connectivity index (χ3n) is 4.36. The Labute approximate surface area is 135 Å². The number of H-pyrrole nitrogens is 1. The van der Waals surface area contributed by atoms with Crippen molar-refractivity contribution in [3.63, 3.8) is 0 Å². The molecular weight excluding hydrogens is 296 g/mol. The summed E-state index contributed by atoms with van der Waals surface area (Å²) >= 11 is 0. The topological polar surface area (TPSA) is 101 Å². The van der Waals surface area contributed by atoms with Crippen LogP contribution < -0.4 is 21.9 Å². The van der Waals surface area contributed by atoms with Crippen LogP contribution in [0.4, 0.5) is 11.5 Å². The van der Waals surface area contributed by atoms with Crippen molar-refractivity contribution in [2.24, 2.45) is 11.8 Å². The lowest BCUT2D eigenvalue weighted by Gasteiger charge is -2.24. The monoisotopic (exact) mass is 322 g/mol. The predicted octanol–water partition coefficient (Wildman–Crippen LogP) is 1.32. The van der Waals surface area contributed by atoms with Gasteiger partial charge in [0.2, 0.25) is 5.91 Å². The van der Waals surface area contributed by atoms with Crippen LogP contribution in [0.15, 0.2) is 9.59 Å². The van der Waals surface area contributed by atoms with Gasteiger partial charge in [-0.25, -0.2) is 4.79 Å². The number of unbranched alkanes of at least 4 members (excludes halogenated alkanes) is 1. The number of carbonyl (C=O) groups is 1. The molecule has 1 fully saturated rings. The van der Waals surface area contributed by atoms with Gasteiger partial charge in [-0.2, -0.15) is 0 Å². The second-order valence-corrected chi connectivity index (χ2v) is 6.31. The molecule has 7 heteroatoms. The van der Waals surface area contributed by atoms with Gasteiger partial charge in [0.25, 0.3) is 5.56 Å². The maximum Gasteiger partial charge on any atom is 0.330 e. The van der Waals surface area contributed by atoms with Crippen LogP contribution in [0.5, 0.6) is 0 Å². The first-order valence-corrected chi connectivity index (χ1v) is 8.36. The van der Waals surface area contributed by atoms with Gasteiger partial charge >= 0.3 is 5.69 Å². The molecule has 2 atom stereocenters. The third kappa shape index (κ3) is 3.48. The van der Waals surface area contributed by atoms with Crippen molar-refractivity contribution in [1.29, 1.82) is 0 Å². The number of anilines is 2. The van der Waals surface area contributed by atoms with E-state index in [9.17, 15) is 14.4 Å². The van der Waals surface area contributed by atoms with Crippen LogP contribution in [0, 0.1) is 11.8 Å². The number of amides is 1. The van der Waals surface area contributed by atoms with Crippen LogP contribution in [-0.2, 0) is 11.3 Å². The number of nitrogen functional groups attached to an aromatic ring is 1. The Morgan fingerprint density at radius 2 is 2.00 bits per heavy atom. The Bertz CT molecular complexity index is 692. The molecule has 23 heavy (non-hydrogen) atoms. The summed E-state index contributed by atoms with van der Waals surface area (Å²) < 4.78 is 1.33. The van der Waals surface area contributed by atoms with Crippen molar-refractivity contribution in [3.8, 4) is 0 Å². The van der Waals surface area contributed by atoms with Crippen LogP contribution in [0.2, 0.25) is 0 Å². The Morgan fingerprint density at radius 3 is 2.52 bits per heavy atom. The predicted molar refractivity (Wildman–Crippen MR) is 90.6 cm³/mol. The lowest BCUT2D eigenvalue weighted by atomic mass is 10.2. The highest BCUT2D eigenvalue weighted by atomic mass is 16.2. The van der Waals surface area contributed by atoms with Crippen LogP contribution in [-0.4, -0.2) is 22.0 Å². The fraction of sp³-hybridized carbons (Fsp3) is 0.688. The number of hydrogen-bond acceptors (Lipinski definition) is 4. The quantitative estimate of drug-likeness (QED) is 0.790. The summed E-state index contributed by atoms with van der Waals surface area (Å²) in [5, 5.41) is 0. The van der Waals surface area contributed by atoms with Gasteiger partial charge in [-0.05, 0) is 25.2 Å². The summed E-state index contributed by atoms with van der Waals surface area (Å²) in [6.07, 6.45) is 3.22. The molecule has 0 aromatic carbocycles.